The summed E-state index contributed by atoms with van der Waals surface area (Å²) in [6, 6.07) is 3.14. The van der Waals surface area contributed by atoms with E-state index in [0.29, 0.717) is 5.76 Å². The van der Waals surface area contributed by atoms with Gasteiger partial charge in [0, 0.05) is 13.2 Å². The quantitative estimate of drug-likeness (QED) is 0.690. The zero-order valence-corrected chi connectivity index (χ0v) is 10.5. The number of carboxylic acids is 1. The molecule has 0 aliphatic heterocycles. The standard InChI is InChI=1S/C13H19NO4/c1-9(10-2-3-11(18-10)12(16)17)14-8-13(4-5-13)6-7-15/h2-3,9,14-15H,4-8H2,1H3,(H,16,17). The number of carbonyl (C=O) groups is 1. The molecule has 18 heavy (non-hydrogen) atoms. The number of aromatic carboxylic acids is 1. The van der Waals surface area contributed by atoms with Crippen molar-refractivity contribution in [2.45, 2.75) is 32.2 Å². The van der Waals surface area contributed by atoms with Crippen molar-refractivity contribution < 1.29 is 19.4 Å². The van der Waals surface area contributed by atoms with E-state index < -0.39 is 5.97 Å². The molecule has 1 heterocycles. The molecule has 1 saturated carbocycles. The first-order chi connectivity index (χ1) is 8.56. The molecule has 0 radical (unpaired) electrons. The summed E-state index contributed by atoms with van der Waals surface area (Å²) in [5.41, 5.74) is 0.241. The van der Waals surface area contributed by atoms with E-state index in [1.807, 2.05) is 6.92 Å². The van der Waals surface area contributed by atoms with Gasteiger partial charge in [-0.05, 0) is 43.7 Å². The minimum atomic E-state index is -1.05. The summed E-state index contributed by atoms with van der Waals surface area (Å²) < 4.78 is 5.24. The van der Waals surface area contributed by atoms with Crippen LogP contribution in [0.1, 0.15) is 48.5 Å². The van der Waals surface area contributed by atoms with Gasteiger partial charge in [-0.15, -0.1) is 0 Å². The molecule has 0 amide bonds. The monoisotopic (exact) mass is 253 g/mol. The molecule has 5 heteroatoms. The van der Waals surface area contributed by atoms with Gasteiger partial charge in [-0.2, -0.15) is 0 Å². The summed E-state index contributed by atoms with van der Waals surface area (Å²) in [5.74, 6) is -0.449. The number of rotatable bonds is 7. The van der Waals surface area contributed by atoms with Gasteiger partial charge in [-0.3, -0.25) is 0 Å². The first-order valence-electron chi connectivity index (χ1n) is 6.24. The van der Waals surface area contributed by atoms with E-state index in [0.717, 1.165) is 25.8 Å². The van der Waals surface area contributed by atoms with Gasteiger partial charge in [0.1, 0.15) is 5.76 Å². The second-order valence-corrected chi connectivity index (χ2v) is 5.08. The third-order valence-corrected chi connectivity index (χ3v) is 3.65. The fourth-order valence-corrected chi connectivity index (χ4v) is 2.10. The number of aliphatic hydroxyl groups is 1. The molecule has 2 rings (SSSR count). The highest BCUT2D eigenvalue weighted by atomic mass is 16.4. The third-order valence-electron chi connectivity index (χ3n) is 3.65. The SMILES string of the molecule is CC(NCC1(CCO)CC1)c1ccc(C(=O)O)o1. The normalized spacial score (nSPS) is 18.6. The molecule has 1 aromatic rings. The van der Waals surface area contributed by atoms with Crippen LogP contribution in [-0.2, 0) is 0 Å². The summed E-state index contributed by atoms with van der Waals surface area (Å²) >= 11 is 0. The molecule has 5 nitrogen and oxygen atoms in total. The van der Waals surface area contributed by atoms with Crippen LogP contribution in [-0.4, -0.2) is 29.3 Å². The second kappa shape index (κ2) is 5.12. The Hall–Kier alpha value is -1.33. The Labute approximate surface area is 106 Å². The van der Waals surface area contributed by atoms with E-state index >= 15 is 0 Å². The van der Waals surface area contributed by atoms with Crippen LogP contribution in [0.25, 0.3) is 0 Å². The predicted octanol–water partition coefficient (Wildman–Crippen LogP) is 1.79. The number of nitrogens with one attached hydrogen (secondary N) is 1. The van der Waals surface area contributed by atoms with E-state index in [2.05, 4.69) is 5.32 Å². The van der Waals surface area contributed by atoms with Gasteiger partial charge in [-0.25, -0.2) is 4.79 Å². The molecule has 3 N–H and O–H groups in total. The topological polar surface area (TPSA) is 82.7 Å². The van der Waals surface area contributed by atoms with E-state index in [-0.39, 0.29) is 23.8 Å². The predicted molar refractivity (Wildman–Crippen MR) is 65.5 cm³/mol. The molecular formula is C13H19NO4. The fraction of sp³-hybridized carbons (Fsp3) is 0.615. The van der Waals surface area contributed by atoms with Crippen LogP contribution in [0, 0.1) is 5.41 Å². The molecular weight excluding hydrogens is 234 g/mol. The van der Waals surface area contributed by atoms with E-state index in [1.165, 1.54) is 6.07 Å². The molecule has 100 valence electrons. The average molecular weight is 253 g/mol. The molecule has 0 bridgehead atoms. The molecule has 1 atom stereocenters. The maximum Gasteiger partial charge on any atom is 0.371 e. The van der Waals surface area contributed by atoms with Crippen LogP contribution in [0.5, 0.6) is 0 Å². The summed E-state index contributed by atoms with van der Waals surface area (Å²) in [7, 11) is 0. The van der Waals surface area contributed by atoms with Gasteiger partial charge in [0.25, 0.3) is 0 Å². The Balaban J connectivity index is 1.87. The van der Waals surface area contributed by atoms with Crippen molar-refractivity contribution in [1.29, 1.82) is 0 Å². The lowest BCUT2D eigenvalue weighted by Crippen LogP contribution is -2.27. The summed E-state index contributed by atoms with van der Waals surface area (Å²) in [4.78, 5) is 10.7. The molecule has 0 aromatic carbocycles. The summed E-state index contributed by atoms with van der Waals surface area (Å²) in [6.07, 6.45) is 3.11. The van der Waals surface area contributed by atoms with Gasteiger partial charge in [0.15, 0.2) is 0 Å². The van der Waals surface area contributed by atoms with Crippen molar-refractivity contribution in [2.24, 2.45) is 5.41 Å². The highest BCUT2D eigenvalue weighted by Gasteiger charge is 2.41. The van der Waals surface area contributed by atoms with Gasteiger partial charge in [-0.1, -0.05) is 0 Å². The van der Waals surface area contributed by atoms with Crippen LogP contribution in [0.4, 0.5) is 0 Å². The fourth-order valence-electron chi connectivity index (χ4n) is 2.10. The average Bonchev–Trinajstić information content (AvgIpc) is 2.92. The lowest BCUT2D eigenvalue weighted by molar-refractivity contribution is 0.0659. The van der Waals surface area contributed by atoms with Gasteiger partial charge in [0.05, 0.1) is 6.04 Å². The molecule has 1 unspecified atom stereocenters. The number of hydrogen-bond acceptors (Lipinski definition) is 4. The Morgan fingerprint density at radius 3 is 2.78 bits per heavy atom. The zero-order chi connectivity index (χ0) is 13.2. The van der Waals surface area contributed by atoms with Crippen LogP contribution < -0.4 is 5.32 Å². The smallest absolute Gasteiger partial charge is 0.371 e. The maximum atomic E-state index is 10.7. The third kappa shape index (κ3) is 2.91. The van der Waals surface area contributed by atoms with Crippen LogP contribution in [0.2, 0.25) is 0 Å². The molecule has 0 spiro atoms. The Kier molecular flexibility index (Phi) is 3.73. The molecule has 1 aliphatic carbocycles. The highest BCUT2D eigenvalue weighted by molar-refractivity contribution is 5.84. The largest absolute Gasteiger partial charge is 0.475 e. The highest BCUT2D eigenvalue weighted by Crippen LogP contribution is 2.48. The van der Waals surface area contributed by atoms with Crippen LogP contribution in [0.15, 0.2) is 16.5 Å². The van der Waals surface area contributed by atoms with Crippen LogP contribution >= 0.6 is 0 Å². The minimum absolute atomic E-state index is 0.0192. The Morgan fingerprint density at radius 2 is 2.28 bits per heavy atom. The summed E-state index contributed by atoms with van der Waals surface area (Å²) in [5, 5.41) is 21.1. The van der Waals surface area contributed by atoms with Crippen molar-refractivity contribution in [2.75, 3.05) is 13.2 Å². The number of aliphatic hydroxyl groups excluding tert-OH is 1. The van der Waals surface area contributed by atoms with Crippen molar-refractivity contribution in [3.63, 3.8) is 0 Å². The van der Waals surface area contributed by atoms with Gasteiger partial charge < -0.3 is 19.9 Å². The van der Waals surface area contributed by atoms with E-state index in [4.69, 9.17) is 14.6 Å². The molecule has 0 saturated heterocycles. The van der Waals surface area contributed by atoms with Crippen molar-refractivity contribution in [3.05, 3.63) is 23.7 Å². The number of furan rings is 1. The number of carboxylic acid groups (broad SMARTS) is 1. The van der Waals surface area contributed by atoms with E-state index in [9.17, 15) is 4.79 Å². The first-order valence-corrected chi connectivity index (χ1v) is 6.24. The van der Waals surface area contributed by atoms with Crippen molar-refractivity contribution >= 4 is 5.97 Å². The Bertz CT molecular complexity index is 422. The second-order valence-electron chi connectivity index (χ2n) is 5.08. The lowest BCUT2D eigenvalue weighted by atomic mass is 10.0. The molecule has 1 fully saturated rings. The van der Waals surface area contributed by atoms with Gasteiger partial charge in [0.2, 0.25) is 5.76 Å². The minimum Gasteiger partial charge on any atom is -0.475 e. The Morgan fingerprint density at radius 1 is 1.56 bits per heavy atom. The lowest BCUT2D eigenvalue weighted by Gasteiger charge is -2.18. The first kappa shape index (κ1) is 13.1. The number of hydrogen-bond donors (Lipinski definition) is 3. The summed E-state index contributed by atoms with van der Waals surface area (Å²) in [6.45, 7) is 3.00. The maximum absolute atomic E-state index is 10.7. The molecule has 1 aromatic heterocycles. The van der Waals surface area contributed by atoms with Crippen LogP contribution in [0.3, 0.4) is 0 Å². The van der Waals surface area contributed by atoms with E-state index in [1.54, 1.807) is 6.07 Å². The van der Waals surface area contributed by atoms with Crippen molar-refractivity contribution in [1.82, 2.24) is 5.32 Å². The van der Waals surface area contributed by atoms with Crippen molar-refractivity contribution in [3.8, 4) is 0 Å². The van der Waals surface area contributed by atoms with Gasteiger partial charge >= 0.3 is 5.97 Å². The molecule has 1 aliphatic rings. The zero-order valence-electron chi connectivity index (χ0n) is 10.5.